The van der Waals surface area contributed by atoms with Gasteiger partial charge in [-0.25, -0.2) is 12.7 Å². The fraction of sp³-hybridized carbons (Fsp3) is 0.200. The molecule has 1 rings (SSSR count). The van der Waals surface area contributed by atoms with Crippen molar-refractivity contribution in [3.05, 3.63) is 52.6 Å². The molecule has 0 fully saturated rings. The maximum Gasteiger partial charge on any atom is 0.260 e. The van der Waals surface area contributed by atoms with E-state index in [0.29, 0.717) is 9.99 Å². The SMILES string of the molecule is C=CCN(C(=O)/C=C/C(=O)N(C)c1ccccc1I)S(C)(=O)=O. The van der Waals surface area contributed by atoms with Crippen LogP contribution in [0.1, 0.15) is 0 Å². The van der Waals surface area contributed by atoms with Crippen LogP contribution in [-0.4, -0.2) is 44.4 Å². The van der Waals surface area contributed by atoms with Crippen molar-refractivity contribution in [1.82, 2.24) is 4.31 Å². The van der Waals surface area contributed by atoms with Gasteiger partial charge in [0, 0.05) is 22.8 Å². The van der Waals surface area contributed by atoms with E-state index in [0.717, 1.165) is 22.0 Å². The standard InChI is InChI=1S/C15H17IN2O4S/c1-4-11-18(23(3,21)22)15(20)10-9-14(19)17(2)13-8-6-5-7-12(13)16/h4-10H,1,11H2,2-3H3/b10-9+. The number of anilines is 1. The normalized spacial score (nSPS) is 11.3. The number of sulfonamides is 1. The summed E-state index contributed by atoms with van der Waals surface area (Å²) in [6.45, 7) is 3.26. The highest BCUT2D eigenvalue weighted by molar-refractivity contribution is 14.1. The minimum atomic E-state index is -3.72. The van der Waals surface area contributed by atoms with Gasteiger partial charge in [-0.3, -0.25) is 9.59 Å². The quantitative estimate of drug-likeness (QED) is 0.378. The Balaban J connectivity index is 2.91. The number of rotatable bonds is 6. The molecule has 0 atom stereocenters. The zero-order valence-electron chi connectivity index (χ0n) is 12.8. The third kappa shape index (κ3) is 5.47. The molecule has 0 saturated heterocycles. The Kier molecular flexibility index (Phi) is 6.95. The zero-order valence-corrected chi connectivity index (χ0v) is 15.7. The van der Waals surface area contributed by atoms with Crippen molar-refractivity contribution >= 4 is 50.1 Å². The Bertz CT molecular complexity index is 744. The highest BCUT2D eigenvalue weighted by atomic mass is 127. The number of carbonyl (C=O) groups excluding carboxylic acids is 2. The summed E-state index contributed by atoms with van der Waals surface area (Å²) in [4.78, 5) is 25.5. The van der Waals surface area contributed by atoms with Gasteiger partial charge >= 0.3 is 0 Å². The molecule has 0 N–H and O–H groups in total. The third-order valence-electron chi connectivity index (χ3n) is 2.85. The van der Waals surface area contributed by atoms with Gasteiger partial charge in [-0.2, -0.15) is 0 Å². The molecule has 0 aliphatic heterocycles. The molecule has 8 heteroatoms. The number of hydrogen-bond acceptors (Lipinski definition) is 4. The van der Waals surface area contributed by atoms with Gasteiger partial charge in [-0.05, 0) is 34.7 Å². The van der Waals surface area contributed by atoms with Crippen molar-refractivity contribution in [2.45, 2.75) is 0 Å². The summed E-state index contributed by atoms with van der Waals surface area (Å²) >= 11 is 2.10. The van der Waals surface area contributed by atoms with E-state index in [1.165, 1.54) is 11.0 Å². The topological polar surface area (TPSA) is 74.8 Å². The molecule has 1 aromatic carbocycles. The maximum atomic E-state index is 12.1. The fourth-order valence-electron chi connectivity index (χ4n) is 1.69. The van der Waals surface area contributed by atoms with Crippen LogP contribution in [-0.2, 0) is 19.6 Å². The smallest absolute Gasteiger partial charge is 0.260 e. The van der Waals surface area contributed by atoms with Gasteiger partial charge in [0.15, 0.2) is 0 Å². The predicted molar refractivity (Wildman–Crippen MR) is 98.5 cm³/mol. The molecule has 124 valence electrons. The number of nitrogens with zero attached hydrogens (tertiary/aromatic N) is 2. The van der Waals surface area contributed by atoms with E-state index >= 15 is 0 Å². The number of carbonyl (C=O) groups is 2. The summed E-state index contributed by atoms with van der Waals surface area (Å²) in [5.41, 5.74) is 0.696. The number of hydrogen-bond donors (Lipinski definition) is 0. The maximum absolute atomic E-state index is 12.1. The highest BCUT2D eigenvalue weighted by Gasteiger charge is 2.20. The van der Waals surface area contributed by atoms with E-state index in [2.05, 4.69) is 29.2 Å². The minimum Gasteiger partial charge on any atom is -0.311 e. The first-order chi connectivity index (χ1) is 10.7. The molecule has 0 aliphatic rings. The minimum absolute atomic E-state index is 0.150. The monoisotopic (exact) mass is 448 g/mol. The number of benzene rings is 1. The van der Waals surface area contributed by atoms with Crippen LogP contribution >= 0.6 is 22.6 Å². The average molecular weight is 448 g/mol. The number of likely N-dealkylation sites (N-methyl/N-ethyl adjacent to an activating group) is 1. The van der Waals surface area contributed by atoms with Gasteiger partial charge in [-0.15, -0.1) is 6.58 Å². The van der Waals surface area contributed by atoms with E-state index in [-0.39, 0.29) is 6.54 Å². The first kappa shape index (κ1) is 19.4. The Morgan fingerprint density at radius 2 is 1.78 bits per heavy atom. The van der Waals surface area contributed by atoms with Gasteiger partial charge < -0.3 is 4.90 Å². The molecule has 0 saturated carbocycles. The molecular formula is C15H17IN2O4S. The molecule has 0 radical (unpaired) electrons. The van der Waals surface area contributed by atoms with Gasteiger partial charge in [-0.1, -0.05) is 18.2 Å². The largest absolute Gasteiger partial charge is 0.311 e. The van der Waals surface area contributed by atoms with Crippen molar-refractivity contribution < 1.29 is 18.0 Å². The van der Waals surface area contributed by atoms with E-state index in [1.54, 1.807) is 19.2 Å². The fourth-order valence-corrected chi connectivity index (χ4v) is 3.20. The second-order valence-corrected chi connectivity index (χ2v) is 7.67. The Morgan fingerprint density at radius 1 is 1.22 bits per heavy atom. The third-order valence-corrected chi connectivity index (χ3v) is 4.90. The molecule has 0 spiro atoms. The lowest BCUT2D eigenvalue weighted by Crippen LogP contribution is -2.35. The van der Waals surface area contributed by atoms with Crippen molar-refractivity contribution in [3.63, 3.8) is 0 Å². The number of halogens is 1. The Labute approximate surface area is 149 Å². The van der Waals surface area contributed by atoms with E-state index in [4.69, 9.17) is 0 Å². The average Bonchev–Trinajstić information content (AvgIpc) is 2.48. The summed E-state index contributed by atoms with van der Waals surface area (Å²) in [5, 5.41) is 0. The molecule has 1 aromatic rings. The van der Waals surface area contributed by atoms with Crippen LogP contribution in [0.2, 0.25) is 0 Å². The summed E-state index contributed by atoms with van der Waals surface area (Å²) in [7, 11) is -2.14. The first-order valence-electron chi connectivity index (χ1n) is 6.51. The van der Waals surface area contributed by atoms with Gasteiger partial charge in [0.05, 0.1) is 18.5 Å². The number of para-hydroxylation sites is 1. The van der Waals surface area contributed by atoms with E-state index in [9.17, 15) is 18.0 Å². The van der Waals surface area contributed by atoms with Gasteiger partial charge in [0.1, 0.15) is 0 Å². The van der Waals surface area contributed by atoms with E-state index in [1.807, 2.05) is 12.1 Å². The second-order valence-electron chi connectivity index (χ2n) is 4.60. The first-order valence-corrected chi connectivity index (χ1v) is 9.44. The summed E-state index contributed by atoms with van der Waals surface area (Å²) < 4.78 is 24.6. The Hall–Kier alpha value is -1.68. The van der Waals surface area contributed by atoms with Crippen LogP contribution in [0.15, 0.2) is 49.1 Å². The lowest BCUT2D eigenvalue weighted by atomic mass is 10.3. The molecule has 0 bridgehead atoms. The molecule has 0 unspecified atom stereocenters. The van der Waals surface area contributed by atoms with Crippen LogP contribution in [0.5, 0.6) is 0 Å². The summed E-state index contributed by atoms with van der Waals surface area (Å²) in [5.74, 6) is -1.23. The molecule has 23 heavy (non-hydrogen) atoms. The van der Waals surface area contributed by atoms with E-state index < -0.39 is 21.8 Å². The lowest BCUT2D eigenvalue weighted by Gasteiger charge is -2.18. The van der Waals surface area contributed by atoms with Crippen molar-refractivity contribution in [1.29, 1.82) is 0 Å². The molecule has 0 aromatic heterocycles. The van der Waals surface area contributed by atoms with Crippen LogP contribution in [0.25, 0.3) is 0 Å². The Morgan fingerprint density at radius 3 is 2.30 bits per heavy atom. The van der Waals surface area contributed by atoms with Crippen LogP contribution in [0, 0.1) is 3.57 Å². The molecule has 0 heterocycles. The van der Waals surface area contributed by atoms with Crippen LogP contribution in [0.3, 0.4) is 0 Å². The lowest BCUT2D eigenvalue weighted by molar-refractivity contribution is -0.121. The van der Waals surface area contributed by atoms with Crippen LogP contribution in [0.4, 0.5) is 5.69 Å². The molecule has 2 amide bonds. The molecule has 6 nitrogen and oxygen atoms in total. The summed E-state index contributed by atoms with van der Waals surface area (Å²) in [6, 6.07) is 7.27. The highest BCUT2D eigenvalue weighted by Crippen LogP contribution is 2.20. The van der Waals surface area contributed by atoms with Gasteiger partial charge in [0.25, 0.3) is 11.8 Å². The van der Waals surface area contributed by atoms with Crippen molar-refractivity contribution in [2.24, 2.45) is 0 Å². The number of amides is 2. The van der Waals surface area contributed by atoms with Crippen LogP contribution < -0.4 is 4.90 Å². The van der Waals surface area contributed by atoms with Gasteiger partial charge in [0.2, 0.25) is 10.0 Å². The molecule has 0 aliphatic carbocycles. The van der Waals surface area contributed by atoms with Crippen molar-refractivity contribution in [3.8, 4) is 0 Å². The second kappa shape index (κ2) is 8.25. The predicted octanol–water partition coefficient (Wildman–Crippen LogP) is 1.78. The zero-order chi connectivity index (χ0) is 17.6. The summed E-state index contributed by atoms with van der Waals surface area (Å²) in [6.07, 6.45) is 4.21. The molecular weight excluding hydrogens is 431 g/mol. The van der Waals surface area contributed by atoms with Crippen molar-refractivity contribution in [2.75, 3.05) is 24.7 Å².